The minimum atomic E-state index is -0.00201. The summed E-state index contributed by atoms with van der Waals surface area (Å²) in [7, 11) is 0. The quantitative estimate of drug-likeness (QED) is 0.669. The Balaban J connectivity index is 2.45. The van der Waals surface area contributed by atoms with Crippen LogP contribution in [0, 0.1) is 6.07 Å². The van der Waals surface area contributed by atoms with Crippen LogP contribution in [0.2, 0.25) is 0 Å². The van der Waals surface area contributed by atoms with Gasteiger partial charge >= 0.3 is 0 Å². The molecule has 0 bridgehead atoms. The molecule has 0 aliphatic carbocycles. The van der Waals surface area contributed by atoms with E-state index in [-0.39, 0.29) is 5.91 Å². The number of hydrogen-bond donors (Lipinski definition) is 1. The fourth-order valence-electron chi connectivity index (χ4n) is 0.766. The van der Waals surface area contributed by atoms with E-state index in [1.807, 2.05) is 24.3 Å². The lowest BCUT2D eigenvalue weighted by molar-refractivity contribution is -0.119. The Morgan fingerprint density at radius 2 is 2.18 bits per heavy atom. The predicted octanol–water partition coefficient (Wildman–Crippen LogP) is 1.12. The number of carbonyl (C=O) groups is 1. The van der Waals surface area contributed by atoms with Crippen molar-refractivity contribution in [3.05, 3.63) is 35.9 Å². The van der Waals surface area contributed by atoms with Gasteiger partial charge in [0.25, 0.3) is 0 Å². The average molecular weight is 148 g/mol. The van der Waals surface area contributed by atoms with Gasteiger partial charge in [0.15, 0.2) is 0 Å². The van der Waals surface area contributed by atoms with Crippen molar-refractivity contribution in [2.24, 2.45) is 0 Å². The Morgan fingerprint density at radius 1 is 1.55 bits per heavy atom. The molecule has 1 radical (unpaired) electrons. The van der Waals surface area contributed by atoms with Crippen LogP contribution in [-0.4, -0.2) is 5.91 Å². The van der Waals surface area contributed by atoms with E-state index >= 15 is 0 Å². The highest BCUT2D eigenvalue weighted by Crippen LogP contribution is 1.95. The lowest BCUT2D eigenvalue weighted by Crippen LogP contribution is -2.18. The lowest BCUT2D eigenvalue weighted by Gasteiger charge is -1.99. The van der Waals surface area contributed by atoms with E-state index < -0.39 is 0 Å². The molecule has 0 aromatic heterocycles. The van der Waals surface area contributed by atoms with Crippen LogP contribution in [0.15, 0.2) is 24.3 Å². The number of hydrogen-bond acceptors (Lipinski definition) is 1. The first kappa shape index (κ1) is 7.79. The predicted molar refractivity (Wildman–Crippen MR) is 42.8 cm³/mol. The number of benzene rings is 1. The fourth-order valence-corrected chi connectivity index (χ4v) is 0.766. The monoisotopic (exact) mass is 148 g/mol. The highest BCUT2D eigenvalue weighted by Gasteiger charge is 1.91. The summed E-state index contributed by atoms with van der Waals surface area (Å²) in [6, 6.07) is 10.4. The molecular weight excluding hydrogens is 138 g/mol. The van der Waals surface area contributed by atoms with Crippen molar-refractivity contribution in [3.63, 3.8) is 0 Å². The van der Waals surface area contributed by atoms with Crippen molar-refractivity contribution in [2.45, 2.75) is 13.5 Å². The first-order valence-electron chi connectivity index (χ1n) is 3.48. The first-order chi connectivity index (χ1) is 5.29. The van der Waals surface area contributed by atoms with Crippen LogP contribution >= 0.6 is 0 Å². The van der Waals surface area contributed by atoms with E-state index in [0.29, 0.717) is 6.54 Å². The Morgan fingerprint density at radius 3 is 2.73 bits per heavy atom. The molecule has 1 N–H and O–H groups in total. The summed E-state index contributed by atoms with van der Waals surface area (Å²) < 4.78 is 0. The van der Waals surface area contributed by atoms with Gasteiger partial charge in [0.05, 0.1) is 0 Å². The minimum absolute atomic E-state index is 0.00201. The molecule has 1 aromatic rings. The van der Waals surface area contributed by atoms with Crippen LogP contribution in [0.4, 0.5) is 0 Å². The van der Waals surface area contributed by atoms with Gasteiger partial charge in [0.2, 0.25) is 5.91 Å². The first-order valence-corrected chi connectivity index (χ1v) is 3.48. The van der Waals surface area contributed by atoms with Crippen LogP contribution in [-0.2, 0) is 11.3 Å². The van der Waals surface area contributed by atoms with Gasteiger partial charge in [-0.3, -0.25) is 4.79 Å². The second-order valence-corrected chi connectivity index (χ2v) is 2.32. The second kappa shape index (κ2) is 3.76. The average Bonchev–Trinajstić information content (AvgIpc) is 2.03. The third-order valence-electron chi connectivity index (χ3n) is 1.33. The van der Waals surface area contributed by atoms with Gasteiger partial charge in [-0.1, -0.05) is 24.3 Å². The smallest absolute Gasteiger partial charge is 0.217 e. The molecule has 1 aromatic carbocycles. The summed E-state index contributed by atoms with van der Waals surface area (Å²) in [5.74, 6) is -0.00201. The van der Waals surface area contributed by atoms with E-state index in [2.05, 4.69) is 11.4 Å². The topological polar surface area (TPSA) is 29.1 Å². The van der Waals surface area contributed by atoms with Gasteiger partial charge < -0.3 is 5.32 Å². The van der Waals surface area contributed by atoms with Gasteiger partial charge in [-0.25, -0.2) is 0 Å². The molecule has 57 valence electrons. The maximum absolute atomic E-state index is 10.5. The van der Waals surface area contributed by atoms with Crippen LogP contribution in [0.1, 0.15) is 12.5 Å². The number of carbonyl (C=O) groups excluding carboxylic acids is 1. The van der Waals surface area contributed by atoms with Crippen molar-refractivity contribution in [1.29, 1.82) is 0 Å². The summed E-state index contributed by atoms with van der Waals surface area (Å²) in [5, 5.41) is 2.71. The molecule has 0 heterocycles. The Kier molecular flexibility index (Phi) is 2.66. The van der Waals surface area contributed by atoms with Crippen molar-refractivity contribution in [3.8, 4) is 0 Å². The van der Waals surface area contributed by atoms with Crippen molar-refractivity contribution in [2.75, 3.05) is 0 Å². The highest BCUT2D eigenvalue weighted by atomic mass is 16.1. The molecule has 2 nitrogen and oxygen atoms in total. The molecule has 0 saturated carbocycles. The van der Waals surface area contributed by atoms with Gasteiger partial charge in [-0.05, 0) is 11.6 Å². The normalized spacial score (nSPS) is 9.18. The highest BCUT2D eigenvalue weighted by molar-refractivity contribution is 5.72. The van der Waals surface area contributed by atoms with Crippen molar-refractivity contribution < 1.29 is 4.79 Å². The van der Waals surface area contributed by atoms with E-state index in [0.717, 1.165) is 5.56 Å². The van der Waals surface area contributed by atoms with Gasteiger partial charge in [-0.15, -0.1) is 0 Å². The Labute approximate surface area is 66.2 Å². The summed E-state index contributed by atoms with van der Waals surface area (Å²) in [4.78, 5) is 10.5. The summed E-state index contributed by atoms with van der Waals surface area (Å²) in [5.41, 5.74) is 1.10. The molecule has 11 heavy (non-hydrogen) atoms. The summed E-state index contributed by atoms with van der Waals surface area (Å²) in [6.45, 7) is 2.11. The van der Waals surface area contributed by atoms with E-state index in [9.17, 15) is 4.79 Å². The maximum Gasteiger partial charge on any atom is 0.217 e. The third kappa shape index (κ3) is 2.85. The molecular formula is C9H10NO. The zero-order valence-electron chi connectivity index (χ0n) is 6.42. The van der Waals surface area contributed by atoms with Crippen molar-refractivity contribution in [1.82, 2.24) is 5.32 Å². The minimum Gasteiger partial charge on any atom is -0.352 e. The zero-order chi connectivity index (χ0) is 8.10. The largest absolute Gasteiger partial charge is 0.352 e. The Bertz CT molecular complexity index is 231. The SMILES string of the molecule is CC(=O)NCc1cc[c]cc1. The van der Waals surface area contributed by atoms with Gasteiger partial charge in [0, 0.05) is 13.5 Å². The third-order valence-corrected chi connectivity index (χ3v) is 1.33. The maximum atomic E-state index is 10.5. The Hall–Kier alpha value is -1.31. The molecule has 0 aliphatic rings. The molecule has 1 rings (SSSR count). The summed E-state index contributed by atoms with van der Waals surface area (Å²) in [6.07, 6.45) is 0. The molecule has 0 unspecified atom stereocenters. The molecule has 0 spiro atoms. The second-order valence-electron chi connectivity index (χ2n) is 2.32. The van der Waals surface area contributed by atoms with Crippen LogP contribution in [0.5, 0.6) is 0 Å². The summed E-state index contributed by atoms with van der Waals surface area (Å²) >= 11 is 0. The van der Waals surface area contributed by atoms with E-state index in [1.165, 1.54) is 6.92 Å². The lowest BCUT2D eigenvalue weighted by atomic mass is 10.2. The van der Waals surface area contributed by atoms with E-state index in [1.54, 1.807) is 0 Å². The molecule has 2 heteroatoms. The molecule has 0 saturated heterocycles. The van der Waals surface area contributed by atoms with Crippen LogP contribution < -0.4 is 5.32 Å². The van der Waals surface area contributed by atoms with E-state index in [4.69, 9.17) is 0 Å². The number of nitrogens with one attached hydrogen (secondary N) is 1. The molecule has 0 atom stereocenters. The molecule has 0 aliphatic heterocycles. The zero-order valence-corrected chi connectivity index (χ0v) is 6.42. The standard InChI is InChI=1S/C9H10NO/c1-8(11)10-7-9-5-3-2-4-6-9/h3-6H,7H2,1H3,(H,10,11). The fraction of sp³-hybridized carbons (Fsp3) is 0.222. The number of rotatable bonds is 2. The molecule has 0 fully saturated rings. The van der Waals surface area contributed by atoms with Gasteiger partial charge in [-0.2, -0.15) is 0 Å². The van der Waals surface area contributed by atoms with Crippen LogP contribution in [0.25, 0.3) is 0 Å². The molecule has 1 amide bonds. The van der Waals surface area contributed by atoms with Crippen molar-refractivity contribution >= 4 is 5.91 Å². The number of amides is 1. The van der Waals surface area contributed by atoms with Gasteiger partial charge in [0.1, 0.15) is 0 Å². The van der Waals surface area contributed by atoms with Crippen LogP contribution in [0.3, 0.4) is 0 Å².